The minimum absolute atomic E-state index is 0.0120. The first-order chi connectivity index (χ1) is 12.5. The molecule has 152 valence electrons. The molecule has 8 nitrogen and oxygen atoms in total. The lowest BCUT2D eigenvalue weighted by Crippen LogP contribution is -2.57. The van der Waals surface area contributed by atoms with Crippen LogP contribution in [-0.2, 0) is 25.7 Å². The topological polar surface area (TPSA) is 106 Å². The van der Waals surface area contributed by atoms with Crippen LogP contribution >= 0.6 is 34.8 Å². The Labute approximate surface area is 172 Å². The van der Waals surface area contributed by atoms with Gasteiger partial charge in [-0.25, -0.2) is 4.79 Å². The molecule has 1 aromatic rings. The van der Waals surface area contributed by atoms with Crippen molar-refractivity contribution in [2.24, 2.45) is 0 Å². The van der Waals surface area contributed by atoms with E-state index in [0.29, 0.717) is 0 Å². The van der Waals surface area contributed by atoms with Gasteiger partial charge in [0.25, 0.3) is 5.91 Å². The van der Waals surface area contributed by atoms with Crippen molar-refractivity contribution in [1.29, 1.82) is 0 Å². The standard InChI is InChI=1S/C16H21Cl3N2O6/c1-15(2,24)12(21-27-10-25-9-16(17,18)19)13(22)20-14(23)26-8-11-6-4-3-5-7-11/h3-7,12,21,24H,8-10H2,1-2H3,(H,20,22,23)/t12-/m1/s1. The molecule has 11 heteroatoms. The summed E-state index contributed by atoms with van der Waals surface area (Å²) in [6.45, 7) is 2.08. The zero-order chi connectivity index (χ0) is 20.5. The fraction of sp³-hybridized carbons (Fsp3) is 0.500. The molecule has 1 rings (SSSR count). The predicted octanol–water partition coefficient (Wildman–Crippen LogP) is 2.44. The molecule has 0 saturated heterocycles. The number of amides is 2. The summed E-state index contributed by atoms with van der Waals surface area (Å²) >= 11 is 16.5. The molecule has 0 aliphatic carbocycles. The van der Waals surface area contributed by atoms with E-state index < -0.39 is 27.4 Å². The molecular formula is C16H21Cl3N2O6. The van der Waals surface area contributed by atoms with E-state index in [2.05, 4.69) is 5.48 Å². The van der Waals surface area contributed by atoms with Gasteiger partial charge in [0.1, 0.15) is 12.6 Å². The molecule has 0 unspecified atom stereocenters. The Morgan fingerprint density at radius 2 is 1.81 bits per heavy atom. The second-order valence-corrected chi connectivity index (χ2v) is 8.50. The van der Waals surface area contributed by atoms with Crippen molar-refractivity contribution in [3.05, 3.63) is 35.9 Å². The van der Waals surface area contributed by atoms with Gasteiger partial charge in [-0.2, -0.15) is 5.48 Å². The van der Waals surface area contributed by atoms with E-state index >= 15 is 0 Å². The number of halogens is 3. The summed E-state index contributed by atoms with van der Waals surface area (Å²) in [6, 6.07) is 7.63. The van der Waals surface area contributed by atoms with Crippen molar-refractivity contribution in [1.82, 2.24) is 10.8 Å². The molecule has 0 aliphatic rings. The van der Waals surface area contributed by atoms with Gasteiger partial charge in [-0.05, 0) is 19.4 Å². The maximum atomic E-state index is 12.2. The van der Waals surface area contributed by atoms with Gasteiger partial charge in [-0.1, -0.05) is 65.1 Å². The van der Waals surface area contributed by atoms with Gasteiger partial charge < -0.3 is 14.6 Å². The summed E-state index contributed by atoms with van der Waals surface area (Å²) in [5, 5.41) is 12.1. The zero-order valence-electron chi connectivity index (χ0n) is 14.7. The smallest absolute Gasteiger partial charge is 0.414 e. The van der Waals surface area contributed by atoms with Crippen LogP contribution in [-0.4, -0.2) is 45.9 Å². The Hall–Kier alpha value is -1.13. The van der Waals surface area contributed by atoms with Crippen LogP contribution < -0.4 is 10.8 Å². The summed E-state index contributed by atoms with van der Waals surface area (Å²) in [6.07, 6.45) is -0.965. The minimum atomic E-state index is -1.61. The molecule has 0 heterocycles. The monoisotopic (exact) mass is 442 g/mol. The first-order valence-corrected chi connectivity index (χ1v) is 8.88. The maximum Gasteiger partial charge on any atom is 0.414 e. The highest BCUT2D eigenvalue weighted by molar-refractivity contribution is 6.67. The fourth-order valence-corrected chi connectivity index (χ4v) is 2.00. The third-order valence-corrected chi connectivity index (χ3v) is 3.34. The molecule has 2 amide bonds. The number of alkyl halides is 3. The first-order valence-electron chi connectivity index (χ1n) is 7.75. The molecule has 0 spiro atoms. The molecule has 0 fully saturated rings. The number of nitrogens with one attached hydrogen (secondary N) is 2. The molecule has 0 aliphatic heterocycles. The number of hydrogen-bond donors (Lipinski definition) is 3. The van der Waals surface area contributed by atoms with Crippen LogP contribution in [0.4, 0.5) is 4.79 Å². The highest BCUT2D eigenvalue weighted by Crippen LogP contribution is 2.25. The Balaban J connectivity index is 2.46. The Kier molecular flexibility index (Phi) is 9.75. The molecule has 1 aromatic carbocycles. The Morgan fingerprint density at radius 3 is 2.37 bits per heavy atom. The average Bonchev–Trinajstić information content (AvgIpc) is 2.54. The predicted molar refractivity (Wildman–Crippen MR) is 100 cm³/mol. The maximum absolute atomic E-state index is 12.2. The van der Waals surface area contributed by atoms with Crippen LogP contribution in [0.3, 0.4) is 0 Å². The Morgan fingerprint density at radius 1 is 1.19 bits per heavy atom. The molecule has 0 aromatic heterocycles. The number of benzene rings is 1. The number of rotatable bonds is 9. The van der Waals surface area contributed by atoms with Gasteiger partial charge in [0, 0.05) is 0 Å². The lowest BCUT2D eigenvalue weighted by atomic mass is 9.99. The van der Waals surface area contributed by atoms with E-state index in [0.717, 1.165) is 5.56 Å². The highest BCUT2D eigenvalue weighted by Gasteiger charge is 2.35. The molecule has 0 saturated carbocycles. The number of aliphatic hydroxyl groups is 1. The van der Waals surface area contributed by atoms with Crippen molar-refractivity contribution >= 4 is 46.8 Å². The van der Waals surface area contributed by atoms with Gasteiger partial charge in [-0.15, -0.1) is 0 Å². The summed E-state index contributed by atoms with van der Waals surface area (Å²) in [7, 11) is 0. The highest BCUT2D eigenvalue weighted by atomic mass is 35.6. The number of carbonyl (C=O) groups is 2. The van der Waals surface area contributed by atoms with Gasteiger partial charge >= 0.3 is 6.09 Å². The third-order valence-electron chi connectivity index (χ3n) is 3.02. The largest absolute Gasteiger partial charge is 0.444 e. The van der Waals surface area contributed by atoms with Crippen LogP contribution in [0.25, 0.3) is 0 Å². The Bertz CT molecular complexity index is 604. The second kappa shape index (κ2) is 11.0. The number of carbonyl (C=O) groups excluding carboxylic acids is 2. The quantitative estimate of drug-likeness (QED) is 0.233. The molecule has 3 N–H and O–H groups in total. The van der Waals surface area contributed by atoms with Gasteiger partial charge in [-0.3, -0.25) is 14.9 Å². The van der Waals surface area contributed by atoms with Crippen LogP contribution in [0.5, 0.6) is 0 Å². The molecule has 27 heavy (non-hydrogen) atoms. The normalized spacial score (nSPS) is 13.1. The zero-order valence-corrected chi connectivity index (χ0v) is 17.0. The van der Waals surface area contributed by atoms with E-state index in [4.69, 9.17) is 49.1 Å². The number of imide groups is 1. The fourth-order valence-electron chi connectivity index (χ4n) is 1.77. The lowest BCUT2D eigenvalue weighted by Gasteiger charge is -2.28. The van der Waals surface area contributed by atoms with Gasteiger partial charge in [0.15, 0.2) is 6.79 Å². The second-order valence-electron chi connectivity index (χ2n) is 5.98. The van der Waals surface area contributed by atoms with Gasteiger partial charge in [0.05, 0.1) is 12.2 Å². The van der Waals surface area contributed by atoms with Crippen molar-refractivity contribution in [2.75, 3.05) is 13.4 Å². The number of hydroxylamine groups is 1. The van der Waals surface area contributed by atoms with E-state index in [1.165, 1.54) is 13.8 Å². The van der Waals surface area contributed by atoms with Crippen LogP contribution in [0.2, 0.25) is 0 Å². The average molecular weight is 444 g/mol. The van der Waals surface area contributed by atoms with E-state index in [1.54, 1.807) is 24.3 Å². The summed E-state index contributed by atoms with van der Waals surface area (Å²) in [5.41, 5.74) is 1.49. The molecule has 0 bridgehead atoms. The lowest BCUT2D eigenvalue weighted by molar-refractivity contribution is -0.151. The van der Waals surface area contributed by atoms with Crippen LogP contribution in [0, 0.1) is 0 Å². The number of hydrogen-bond acceptors (Lipinski definition) is 7. The SMILES string of the molecule is CC(C)(O)[C@H](NOCOCC(Cl)(Cl)Cl)C(=O)NC(=O)OCc1ccccc1. The summed E-state index contributed by atoms with van der Waals surface area (Å²) < 4.78 is 8.26. The van der Waals surface area contributed by atoms with Crippen LogP contribution in [0.15, 0.2) is 30.3 Å². The first kappa shape index (κ1) is 23.9. The van der Waals surface area contributed by atoms with Crippen molar-refractivity contribution in [3.63, 3.8) is 0 Å². The van der Waals surface area contributed by atoms with Gasteiger partial charge in [0.2, 0.25) is 3.79 Å². The molecule has 1 atom stereocenters. The third kappa shape index (κ3) is 10.7. The summed E-state index contributed by atoms with van der Waals surface area (Å²) in [5.74, 6) is -0.859. The van der Waals surface area contributed by atoms with E-state index in [1.807, 2.05) is 11.4 Å². The van der Waals surface area contributed by atoms with Crippen molar-refractivity contribution in [3.8, 4) is 0 Å². The van der Waals surface area contributed by atoms with Crippen molar-refractivity contribution in [2.45, 2.75) is 35.9 Å². The minimum Gasteiger partial charge on any atom is -0.444 e. The number of alkyl carbamates (subject to hydrolysis) is 1. The van der Waals surface area contributed by atoms with E-state index in [-0.39, 0.29) is 20.0 Å². The summed E-state index contributed by atoms with van der Waals surface area (Å²) in [4.78, 5) is 28.9. The van der Waals surface area contributed by atoms with E-state index in [9.17, 15) is 14.7 Å². The number of ether oxygens (including phenoxy) is 2. The molecule has 0 radical (unpaired) electrons. The van der Waals surface area contributed by atoms with Crippen LogP contribution in [0.1, 0.15) is 19.4 Å². The van der Waals surface area contributed by atoms with Crippen molar-refractivity contribution < 1.29 is 29.0 Å². The molecular weight excluding hydrogens is 423 g/mol.